The lowest BCUT2D eigenvalue weighted by atomic mass is 10.2. The maximum atomic E-state index is 12.9. The van der Waals surface area contributed by atoms with Crippen molar-refractivity contribution < 1.29 is 9.18 Å². The van der Waals surface area contributed by atoms with Gasteiger partial charge < -0.3 is 5.32 Å². The first-order valence-electron chi connectivity index (χ1n) is 4.99. The number of nitrogens with zero attached hydrogens (tertiary/aromatic N) is 2. The van der Waals surface area contributed by atoms with E-state index in [1.54, 1.807) is 18.5 Å². The molecular weight excluding hydrogens is 221 g/mol. The van der Waals surface area contributed by atoms with Gasteiger partial charge in [0.05, 0.1) is 23.6 Å². The second-order valence-corrected chi connectivity index (χ2v) is 3.54. The molecule has 0 aliphatic heterocycles. The molecule has 0 aliphatic carbocycles. The summed E-state index contributed by atoms with van der Waals surface area (Å²) in [6.07, 6.45) is 5.53. The Morgan fingerprint density at radius 1 is 1.29 bits per heavy atom. The van der Waals surface area contributed by atoms with Crippen LogP contribution in [0.15, 0.2) is 36.9 Å². The molecule has 2 aromatic heterocycles. The summed E-state index contributed by atoms with van der Waals surface area (Å²) in [5.41, 5.74) is 1.66. The minimum atomic E-state index is -0.541. The highest BCUT2D eigenvalue weighted by atomic mass is 19.1. The SMILES string of the molecule is Cc1ccncc1NC(=O)c1cncc(F)c1. The van der Waals surface area contributed by atoms with Crippen LogP contribution in [0, 0.1) is 12.7 Å². The molecule has 17 heavy (non-hydrogen) atoms. The Labute approximate surface area is 97.5 Å². The van der Waals surface area contributed by atoms with Crippen LogP contribution in [0.3, 0.4) is 0 Å². The van der Waals surface area contributed by atoms with Gasteiger partial charge >= 0.3 is 0 Å². The number of hydrogen-bond donors (Lipinski definition) is 1. The molecule has 0 spiro atoms. The number of anilines is 1. The van der Waals surface area contributed by atoms with Gasteiger partial charge in [-0.05, 0) is 24.6 Å². The van der Waals surface area contributed by atoms with Gasteiger partial charge in [-0.15, -0.1) is 0 Å². The zero-order chi connectivity index (χ0) is 12.3. The van der Waals surface area contributed by atoms with Gasteiger partial charge in [-0.2, -0.15) is 0 Å². The van der Waals surface area contributed by atoms with E-state index < -0.39 is 11.7 Å². The van der Waals surface area contributed by atoms with Gasteiger partial charge in [0.2, 0.25) is 0 Å². The third-order valence-electron chi connectivity index (χ3n) is 2.25. The zero-order valence-electron chi connectivity index (χ0n) is 9.14. The lowest BCUT2D eigenvalue weighted by Gasteiger charge is -2.06. The molecule has 2 rings (SSSR count). The van der Waals surface area contributed by atoms with Crippen LogP contribution in [0.2, 0.25) is 0 Å². The van der Waals surface area contributed by atoms with Gasteiger partial charge in [-0.25, -0.2) is 4.39 Å². The zero-order valence-corrected chi connectivity index (χ0v) is 9.14. The van der Waals surface area contributed by atoms with Crippen LogP contribution in [0.5, 0.6) is 0 Å². The van der Waals surface area contributed by atoms with E-state index in [-0.39, 0.29) is 5.56 Å². The smallest absolute Gasteiger partial charge is 0.257 e. The van der Waals surface area contributed by atoms with Crippen LogP contribution >= 0.6 is 0 Å². The average Bonchev–Trinajstić information content (AvgIpc) is 2.32. The van der Waals surface area contributed by atoms with Gasteiger partial charge in [-0.3, -0.25) is 14.8 Å². The van der Waals surface area contributed by atoms with Crippen molar-refractivity contribution >= 4 is 11.6 Å². The van der Waals surface area contributed by atoms with Crippen molar-refractivity contribution in [2.75, 3.05) is 5.32 Å². The predicted molar refractivity (Wildman–Crippen MR) is 61.1 cm³/mol. The molecule has 5 heteroatoms. The molecule has 86 valence electrons. The van der Waals surface area contributed by atoms with Crippen LogP contribution in [-0.4, -0.2) is 15.9 Å². The lowest BCUT2D eigenvalue weighted by Crippen LogP contribution is -2.13. The molecule has 0 unspecified atom stereocenters. The highest BCUT2D eigenvalue weighted by Crippen LogP contribution is 2.13. The molecule has 2 heterocycles. The average molecular weight is 231 g/mol. The molecule has 0 bridgehead atoms. The minimum absolute atomic E-state index is 0.174. The maximum Gasteiger partial charge on any atom is 0.257 e. The Bertz CT molecular complexity index is 557. The van der Waals surface area contributed by atoms with Crippen molar-refractivity contribution in [3.63, 3.8) is 0 Å². The second kappa shape index (κ2) is 4.69. The molecule has 0 fully saturated rings. The number of pyridine rings is 2. The quantitative estimate of drug-likeness (QED) is 0.861. The molecule has 0 saturated carbocycles. The van der Waals surface area contributed by atoms with Gasteiger partial charge in [0.25, 0.3) is 5.91 Å². The highest BCUT2D eigenvalue weighted by Gasteiger charge is 2.08. The monoisotopic (exact) mass is 231 g/mol. The van der Waals surface area contributed by atoms with Gasteiger partial charge in [0.15, 0.2) is 0 Å². The summed E-state index contributed by atoms with van der Waals surface area (Å²) in [6, 6.07) is 2.91. The van der Waals surface area contributed by atoms with E-state index in [0.717, 1.165) is 17.8 Å². The molecule has 0 saturated heterocycles. The number of amides is 1. The summed E-state index contributed by atoms with van der Waals surface area (Å²) in [5, 5.41) is 2.65. The number of halogens is 1. The van der Waals surface area contributed by atoms with E-state index >= 15 is 0 Å². The number of hydrogen-bond acceptors (Lipinski definition) is 3. The topological polar surface area (TPSA) is 54.9 Å². The van der Waals surface area contributed by atoms with E-state index in [4.69, 9.17) is 0 Å². The van der Waals surface area contributed by atoms with Crippen molar-refractivity contribution in [3.8, 4) is 0 Å². The second-order valence-electron chi connectivity index (χ2n) is 3.54. The summed E-state index contributed by atoms with van der Waals surface area (Å²) in [6.45, 7) is 1.85. The lowest BCUT2D eigenvalue weighted by molar-refractivity contribution is 0.102. The normalized spacial score (nSPS) is 10.0. The van der Waals surface area contributed by atoms with E-state index in [9.17, 15) is 9.18 Å². The largest absolute Gasteiger partial charge is 0.320 e. The third-order valence-corrected chi connectivity index (χ3v) is 2.25. The molecule has 1 N–H and O–H groups in total. The van der Waals surface area contributed by atoms with Crippen molar-refractivity contribution in [1.29, 1.82) is 0 Å². The molecule has 2 aromatic rings. The fourth-order valence-corrected chi connectivity index (χ4v) is 1.33. The first-order valence-corrected chi connectivity index (χ1v) is 4.99. The Balaban J connectivity index is 2.20. The molecular formula is C12H10FN3O. The van der Waals surface area contributed by atoms with Crippen LogP contribution in [0.1, 0.15) is 15.9 Å². The fourth-order valence-electron chi connectivity index (χ4n) is 1.33. The fraction of sp³-hybridized carbons (Fsp3) is 0.0833. The van der Waals surface area contributed by atoms with Crippen molar-refractivity contribution in [2.24, 2.45) is 0 Å². The Kier molecular flexibility index (Phi) is 3.09. The molecule has 0 aromatic carbocycles. The van der Waals surface area contributed by atoms with E-state index in [0.29, 0.717) is 5.69 Å². The number of nitrogens with one attached hydrogen (secondary N) is 1. The number of aromatic nitrogens is 2. The Morgan fingerprint density at radius 2 is 2.12 bits per heavy atom. The van der Waals surface area contributed by atoms with E-state index in [2.05, 4.69) is 15.3 Å². The van der Waals surface area contributed by atoms with Crippen LogP contribution in [0.4, 0.5) is 10.1 Å². The minimum Gasteiger partial charge on any atom is -0.320 e. The molecule has 0 radical (unpaired) electrons. The first-order chi connectivity index (χ1) is 8.16. The van der Waals surface area contributed by atoms with Gasteiger partial charge in [0.1, 0.15) is 5.82 Å². The number of rotatable bonds is 2. The summed E-state index contributed by atoms with van der Waals surface area (Å²) in [4.78, 5) is 19.3. The van der Waals surface area contributed by atoms with Crippen molar-refractivity contribution in [1.82, 2.24) is 9.97 Å². The van der Waals surface area contributed by atoms with Crippen LogP contribution in [0.25, 0.3) is 0 Å². The summed E-state index contributed by atoms with van der Waals surface area (Å²) < 4.78 is 12.9. The maximum absolute atomic E-state index is 12.9. The Hall–Kier alpha value is -2.30. The van der Waals surface area contributed by atoms with Crippen molar-refractivity contribution in [3.05, 3.63) is 53.9 Å². The van der Waals surface area contributed by atoms with Crippen LogP contribution in [-0.2, 0) is 0 Å². The highest BCUT2D eigenvalue weighted by molar-refractivity contribution is 6.04. The van der Waals surface area contributed by atoms with Gasteiger partial charge in [-0.1, -0.05) is 0 Å². The van der Waals surface area contributed by atoms with E-state index in [1.807, 2.05) is 6.92 Å². The molecule has 0 aliphatic rings. The third kappa shape index (κ3) is 2.63. The number of carbonyl (C=O) groups is 1. The predicted octanol–water partition coefficient (Wildman–Crippen LogP) is 2.18. The van der Waals surface area contributed by atoms with Crippen molar-refractivity contribution in [2.45, 2.75) is 6.92 Å². The molecule has 0 atom stereocenters. The number of aryl methyl sites for hydroxylation is 1. The number of carbonyl (C=O) groups excluding carboxylic acids is 1. The van der Waals surface area contributed by atoms with Gasteiger partial charge in [0, 0.05) is 12.4 Å². The summed E-state index contributed by atoms with van der Waals surface area (Å²) in [5.74, 6) is -0.950. The standard InChI is InChI=1S/C12H10FN3O/c1-8-2-3-14-7-11(8)16-12(17)9-4-10(13)6-15-5-9/h2-7H,1H3,(H,16,17). The summed E-state index contributed by atoms with van der Waals surface area (Å²) >= 11 is 0. The first kappa shape index (κ1) is 11.2. The molecule has 1 amide bonds. The van der Waals surface area contributed by atoms with E-state index in [1.165, 1.54) is 6.20 Å². The Morgan fingerprint density at radius 3 is 2.82 bits per heavy atom. The molecule has 4 nitrogen and oxygen atoms in total. The van der Waals surface area contributed by atoms with Crippen LogP contribution < -0.4 is 5.32 Å². The summed E-state index contributed by atoms with van der Waals surface area (Å²) in [7, 11) is 0.